The summed E-state index contributed by atoms with van der Waals surface area (Å²) >= 11 is 8.25. The van der Waals surface area contributed by atoms with E-state index < -0.39 is 0 Å². The number of carbonyl (C=O) groups excluding carboxylic acids is 1. The molecular weight excluding hydrogens is 340 g/mol. The Morgan fingerprint density at radius 1 is 1.10 bits per heavy atom. The highest BCUT2D eigenvalue weighted by Gasteiger charge is 2.20. The van der Waals surface area contributed by atoms with Gasteiger partial charge in [-0.3, -0.25) is 10.1 Å². The van der Waals surface area contributed by atoms with Gasteiger partial charge < -0.3 is 9.73 Å². The Hall–Kier alpha value is -1.92. The minimum atomic E-state index is -0.253. The van der Waals surface area contributed by atoms with E-state index in [1.807, 2.05) is 30.3 Å². The van der Waals surface area contributed by atoms with Crippen molar-refractivity contribution in [3.05, 3.63) is 52.3 Å². The molecule has 4 nitrogen and oxygen atoms in total. The summed E-state index contributed by atoms with van der Waals surface area (Å²) in [7, 11) is 0. The molecule has 0 aliphatic carbocycles. The first kappa shape index (κ1) is 13.1. The fourth-order valence-corrected chi connectivity index (χ4v) is 2.29. The maximum absolute atomic E-state index is 11.5. The van der Waals surface area contributed by atoms with Gasteiger partial charge in [-0.05, 0) is 36.5 Å². The van der Waals surface area contributed by atoms with Crippen molar-refractivity contribution in [3.63, 3.8) is 0 Å². The number of carbonyl (C=O) groups is 1. The number of hydrogen-bond acceptors (Lipinski definition) is 3. The van der Waals surface area contributed by atoms with Crippen LogP contribution in [0.3, 0.4) is 0 Å². The molecule has 100 valence electrons. The molecule has 1 saturated heterocycles. The number of hydrogen-bond donors (Lipinski definition) is 2. The molecule has 2 aromatic rings. The summed E-state index contributed by atoms with van der Waals surface area (Å²) < 4.78 is 6.71. The van der Waals surface area contributed by atoms with E-state index in [1.54, 1.807) is 12.1 Å². The van der Waals surface area contributed by atoms with Crippen LogP contribution in [-0.4, -0.2) is 11.0 Å². The van der Waals surface area contributed by atoms with Crippen LogP contribution in [0.2, 0.25) is 0 Å². The quantitative estimate of drug-likeness (QED) is 0.646. The van der Waals surface area contributed by atoms with E-state index in [2.05, 4.69) is 26.6 Å². The van der Waals surface area contributed by atoms with Crippen LogP contribution in [0, 0.1) is 0 Å². The molecule has 1 aliphatic rings. The van der Waals surface area contributed by atoms with E-state index in [1.165, 1.54) is 0 Å². The predicted molar refractivity (Wildman–Crippen MR) is 83.7 cm³/mol. The molecule has 0 spiro atoms. The molecule has 0 atom stereocenters. The molecule has 1 aliphatic heterocycles. The summed E-state index contributed by atoms with van der Waals surface area (Å²) in [5.41, 5.74) is 1.35. The highest BCUT2D eigenvalue weighted by atomic mass is 79.9. The first-order chi connectivity index (χ1) is 9.61. The van der Waals surface area contributed by atoms with E-state index in [4.69, 9.17) is 16.6 Å². The Labute approximate surface area is 129 Å². The van der Waals surface area contributed by atoms with Crippen molar-refractivity contribution in [1.29, 1.82) is 0 Å². The largest absolute Gasteiger partial charge is 0.457 e. The SMILES string of the molecule is O=C1NC(=S)N/C1=C/c1ccc(-c2ccc(Br)cc2)o1. The first-order valence-corrected chi connectivity index (χ1v) is 7.02. The zero-order chi connectivity index (χ0) is 14.1. The topological polar surface area (TPSA) is 54.3 Å². The number of thiocarbonyl (C=S) groups is 1. The van der Waals surface area contributed by atoms with Gasteiger partial charge in [0.2, 0.25) is 0 Å². The van der Waals surface area contributed by atoms with Gasteiger partial charge in [0, 0.05) is 16.1 Å². The minimum Gasteiger partial charge on any atom is -0.457 e. The second-order valence-electron chi connectivity index (χ2n) is 4.18. The van der Waals surface area contributed by atoms with Crippen LogP contribution in [0.1, 0.15) is 5.76 Å². The number of amides is 1. The zero-order valence-corrected chi connectivity index (χ0v) is 12.5. The Kier molecular flexibility index (Phi) is 3.42. The fraction of sp³-hybridized carbons (Fsp3) is 0. The fourth-order valence-electron chi connectivity index (χ4n) is 1.82. The van der Waals surface area contributed by atoms with Crippen LogP contribution in [0.4, 0.5) is 0 Å². The average Bonchev–Trinajstić information content (AvgIpc) is 2.98. The second kappa shape index (κ2) is 5.22. The van der Waals surface area contributed by atoms with Crippen LogP contribution in [0.15, 0.2) is 51.0 Å². The Morgan fingerprint density at radius 2 is 1.85 bits per heavy atom. The van der Waals surface area contributed by atoms with Crippen molar-refractivity contribution in [2.45, 2.75) is 0 Å². The maximum atomic E-state index is 11.5. The molecule has 3 rings (SSSR count). The maximum Gasteiger partial charge on any atom is 0.274 e. The Bertz CT molecular complexity index is 719. The number of benzene rings is 1. The van der Waals surface area contributed by atoms with Crippen LogP contribution in [-0.2, 0) is 4.79 Å². The van der Waals surface area contributed by atoms with E-state index in [9.17, 15) is 4.79 Å². The summed E-state index contributed by atoms with van der Waals surface area (Å²) in [5.74, 6) is 1.08. The highest BCUT2D eigenvalue weighted by molar-refractivity contribution is 9.10. The smallest absolute Gasteiger partial charge is 0.274 e. The van der Waals surface area contributed by atoms with Gasteiger partial charge in [-0.25, -0.2) is 0 Å². The highest BCUT2D eigenvalue weighted by Crippen LogP contribution is 2.25. The van der Waals surface area contributed by atoms with Gasteiger partial charge in [0.25, 0.3) is 5.91 Å². The molecule has 2 heterocycles. The van der Waals surface area contributed by atoms with E-state index in [-0.39, 0.29) is 5.91 Å². The summed E-state index contributed by atoms with van der Waals surface area (Å²) in [6.07, 6.45) is 1.62. The van der Waals surface area contributed by atoms with Gasteiger partial charge in [0.15, 0.2) is 5.11 Å². The lowest BCUT2D eigenvalue weighted by molar-refractivity contribution is -0.115. The molecule has 1 aromatic heterocycles. The number of rotatable bonds is 2. The van der Waals surface area contributed by atoms with Crippen molar-refractivity contribution in [2.75, 3.05) is 0 Å². The van der Waals surface area contributed by atoms with E-state index in [0.29, 0.717) is 16.6 Å². The average molecular weight is 349 g/mol. The normalized spacial score (nSPS) is 16.4. The van der Waals surface area contributed by atoms with Gasteiger partial charge in [-0.1, -0.05) is 28.1 Å². The van der Waals surface area contributed by atoms with Crippen molar-refractivity contribution < 1.29 is 9.21 Å². The van der Waals surface area contributed by atoms with Crippen LogP contribution < -0.4 is 10.6 Å². The van der Waals surface area contributed by atoms with E-state index in [0.717, 1.165) is 15.8 Å². The summed E-state index contributed by atoms with van der Waals surface area (Å²) in [4.78, 5) is 11.5. The van der Waals surface area contributed by atoms with Gasteiger partial charge in [0.1, 0.15) is 17.2 Å². The third-order valence-electron chi connectivity index (χ3n) is 2.76. The van der Waals surface area contributed by atoms with Crippen molar-refractivity contribution in [2.24, 2.45) is 0 Å². The Balaban J connectivity index is 1.87. The van der Waals surface area contributed by atoms with Crippen molar-refractivity contribution in [1.82, 2.24) is 10.6 Å². The lowest BCUT2D eigenvalue weighted by Crippen LogP contribution is -2.21. The van der Waals surface area contributed by atoms with Gasteiger partial charge >= 0.3 is 0 Å². The molecule has 1 aromatic carbocycles. The lowest BCUT2D eigenvalue weighted by Gasteiger charge is -1.97. The summed E-state index contributed by atoms with van der Waals surface area (Å²) in [6.45, 7) is 0. The van der Waals surface area contributed by atoms with Gasteiger partial charge in [-0.15, -0.1) is 0 Å². The lowest BCUT2D eigenvalue weighted by atomic mass is 10.2. The van der Waals surface area contributed by atoms with Gasteiger partial charge in [-0.2, -0.15) is 0 Å². The molecular formula is C14H9BrN2O2S. The van der Waals surface area contributed by atoms with Crippen molar-refractivity contribution in [3.8, 4) is 11.3 Å². The summed E-state index contributed by atoms with van der Waals surface area (Å²) in [6, 6.07) is 11.5. The van der Waals surface area contributed by atoms with E-state index >= 15 is 0 Å². The number of furan rings is 1. The zero-order valence-electron chi connectivity index (χ0n) is 10.1. The van der Waals surface area contributed by atoms with Crippen LogP contribution in [0.25, 0.3) is 17.4 Å². The molecule has 1 fully saturated rings. The molecule has 20 heavy (non-hydrogen) atoms. The predicted octanol–water partition coefficient (Wildman–Crippen LogP) is 3.05. The molecule has 0 saturated carbocycles. The standard InChI is InChI=1S/C14H9BrN2O2S/c15-9-3-1-8(2-4-9)12-6-5-10(19-12)7-11-13(18)17-14(20)16-11/h1-7H,(H2,16,17,18,20)/b11-7+. The number of halogens is 1. The molecule has 6 heteroatoms. The first-order valence-electron chi connectivity index (χ1n) is 5.81. The van der Waals surface area contributed by atoms with Crippen LogP contribution >= 0.6 is 28.1 Å². The monoisotopic (exact) mass is 348 g/mol. The third-order valence-corrected chi connectivity index (χ3v) is 3.49. The minimum absolute atomic E-state index is 0.253. The number of nitrogens with one attached hydrogen (secondary N) is 2. The molecule has 2 N–H and O–H groups in total. The summed E-state index contributed by atoms with van der Waals surface area (Å²) in [5, 5.41) is 5.58. The molecule has 1 amide bonds. The van der Waals surface area contributed by atoms with Crippen molar-refractivity contribution >= 4 is 45.2 Å². The third kappa shape index (κ3) is 2.66. The molecule has 0 unspecified atom stereocenters. The Morgan fingerprint density at radius 3 is 2.50 bits per heavy atom. The molecule has 0 radical (unpaired) electrons. The second-order valence-corrected chi connectivity index (χ2v) is 5.50. The van der Waals surface area contributed by atoms with Crippen LogP contribution in [0.5, 0.6) is 0 Å². The molecule has 0 bridgehead atoms. The van der Waals surface area contributed by atoms with Gasteiger partial charge in [0.05, 0.1) is 0 Å².